The van der Waals surface area contributed by atoms with Crippen LogP contribution in [0.1, 0.15) is 22.8 Å². The Labute approximate surface area is 207 Å². The lowest BCUT2D eigenvalue weighted by Gasteiger charge is -2.07. The van der Waals surface area contributed by atoms with E-state index >= 15 is 0 Å². The maximum Gasteiger partial charge on any atom is 0.344 e. The lowest BCUT2D eigenvalue weighted by Crippen LogP contribution is -2.32. The molecule has 0 spiro atoms. The molecule has 0 atom stereocenters. The summed E-state index contributed by atoms with van der Waals surface area (Å²) in [7, 11) is 0. The average molecular weight is 482 g/mol. The number of hydrazone groups is 1. The number of hydrogen-bond acceptors (Lipinski definition) is 6. The molecule has 0 aliphatic rings. The number of nitrogens with zero attached hydrogens (tertiary/aromatic N) is 1. The van der Waals surface area contributed by atoms with Crippen LogP contribution in [-0.4, -0.2) is 30.6 Å². The van der Waals surface area contributed by atoms with E-state index in [1.807, 2.05) is 43.3 Å². The largest absolute Gasteiger partial charge is 0.494 e. The molecule has 4 rings (SSSR count). The van der Waals surface area contributed by atoms with Gasteiger partial charge in [0.05, 0.1) is 18.4 Å². The van der Waals surface area contributed by atoms with Crippen molar-refractivity contribution in [2.24, 2.45) is 5.10 Å². The molecular formula is C28H23N3O5. The van der Waals surface area contributed by atoms with Crippen molar-refractivity contribution >= 4 is 40.5 Å². The molecular weight excluding hydrogens is 458 g/mol. The molecule has 4 aromatic rings. The Hall–Kier alpha value is -4.98. The highest BCUT2D eigenvalue weighted by Gasteiger charge is 2.13. The average Bonchev–Trinajstić information content (AvgIpc) is 2.90. The molecule has 180 valence electrons. The van der Waals surface area contributed by atoms with Crippen molar-refractivity contribution in [2.45, 2.75) is 6.92 Å². The summed E-state index contributed by atoms with van der Waals surface area (Å²) in [5.41, 5.74) is 3.74. The molecule has 36 heavy (non-hydrogen) atoms. The number of amides is 2. The Bertz CT molecular complexity index is 1410. The van der Waals surface area contributed by atoms with E-state index in [-0.39, 0.29) is 0 Å². The lowest BCUT2D eigenvalue weighted by molar-refractivity contribution is -0.136. The first-order chi connectivity index (χ1) is 17.5. The Balaban J connectivity index is 1.30. The highest BCUT2D eigenvalue weighted by Crippen LogP contribution is 2.21. The standard InChI is InChI=1S/C28H23N3O5/c1-2-35-22-16-12-21(13-17-22)30-26(32)27(33)31-29-18-19-10-14-23(15-11-19)36-28(34)25-9-5-7-20-6-3-4-8-24(20)25/h3-18H,2H2,1H3,(H,30,32)(H,31,33)/b29-18+. The van der Waals surface area contributed by atoms with Gasteiger partial charge in [-0.2, -0.15) is 5.10 Å². The second-order valence-electron chi connectivity index (χ2n) is 7.60. The number of anilines is 1. The van der Waals surface area contributed by atoms with Gasteiger partial charge < -0.3 is 14.8 Å². The van der Waals surface area contributed by atoms with Gasteiger partial charge in [-0.3, -0.25) is 9.59 Å². The summed E-state index contributed by atoms with van der Waals surface area (Å²) in [6, 6.07) is 26.3. The van der Waals surface area contributed by atoms with Crippen LogP contribution >= 0.6 is 0 Å². The van der Waals surface area contributed by atoms with Crippen LogP contribution in [-0.2, 0) is 9.59 Å². The van der Waals surface area contributed by atoms with Gasteiger partial charge in [0.2, 0.25) is 0 Å². The number of fused-ring (bicyclic) bond motifs is 1. The summed E-state index contributed by atoms with van der Waals surface area (Å²) in [4.78, 5) is 36.7. The first-order valence-electron chi connectivity index (χ1n) is 11.2. The van der Waals surface area contributed by atoms with Crippen molar-refractivity contribution in [3.8, 4) is 11.5 Å². The van der Waals surface area contributed by atoms with Gasteiger partial charge in [-0.15, -0.1) is 0 Å². The number of benzene rings is 4. The van der Waals surface area contributed by atoms with Crippen molar-refractivity contribution in [3.05, 3.63) is 102 Å². The summed E-state index contributed by atoms with van der Waals surface area (Å²) in [5.74, 6) is -1.20. The van der Waals surface area contributed by atoms with E-state index in [1.165, 1.54) is 6.21 Å². The van der Waals surface area contributed by atoms with E-state index < -0.39 is 17.8 Å². The van der Waals surface area contributed by atoms with Gasteiger partial charge >= 0.3 is 17.8 Å². The summed E-state index contributed by atoms with van der Waals surface area (Å²) < 4.78 is 10.8. The molecule has 0 aliphatic heterocycles. The number of hydrogen-bond donors (Lipinski definition) is 2. The third-order valence-electron chi connectivity index (χ3n) is 5.11. The SMILES string of the molecule is CCOc1ccc(NC(=O)C(=O)N/N=C/c2ccc(OC(=O)c3cccc4ccccc34)cc2)cc1. The van der Waals surface area contributed by atoms with Gasteiger partial charge in [0.25, 0.3) is 0 Å². The summed E-state index contributed by atoms with van der Waals surface area (Å²) in [5, 5.41) is 8.05. The molecule has 0 aliphatic carbocycles. The maximum absolute atomic E-state index is 12.7. The fourth-order valence-corrected chi connectivity index (χ4v) is 3.39. The summed E-state index contributed by atoms with van der Waals surface area (Å²) >= 11 is 0. The molecule has 2 amide bonds. The van der Waals surface area contributed by atoms with Crippen LogP contribution in [0.5, 0.6) is 11.5 Å². The molecule has 0 bridgehead atoms. The van der Waals surface area contributed by atoms with E-state index in [0.29, 0.717) is 34.9 Å². The van der Waals surface area contributed by atoms with E-state index in [4.69, 9.17) is 9.47 Å². The third kappa shape index (κ3) is 6.12. The molecule has 2 N–H and O–H groups in total. The zero-order valence-corrected chi connectivity index (χ0v) is 19.4. The minimum absolute atomic E-state index is 0.365. The van der Waals surface area contributed by atoms with Crippen LogP contribution in [0.2, 0.25) is 0 Å². The molecule has 0 fully saturated rings. The van der Waals surface area contributed by atoms with Gasteiger partial charge in [-0.05, 0) is 77.9 Å². The first kappa shape index (κ1) is 24.2. The first-order valence-corrected chi connectivity index (χ1v) is 11.2. The van der Waals surface area contributed by atoms with E-state index in [9.17, 15) is 14.4 Å². The molecule has 8 nitrogen and oxygen atoms in total. The monoisotopic (exact) mass is 481 g/mol. The van der Waals surface area contributed by atoms with Crippen molar-refractivity contribution in [2.75, 3.05) is 11.9 Å². The van der Waals surface area contributed by atoms with E-state index in [0.717, 1.165) is 10.8 Å². The number of esters is 1. The van der Waals surface area contributed by atoms with E-state index in [1.54, 1.807) is 54.6 Å². The van der Waals surface area contributed by atoms with Crippen molar-refractivity contribution < 1.29 is 23.9 Å². The third-order valence-corrected chi connectivity index (χ3v) is 5.11. The smallest absolute Gasteiger partial charge is 0.344 e. The maximum atomic E-state index is 12.7. The fraction of sp³-hybridized carbons (Fsp3) is 0.0714. The van der Waals surface area contributed by atoms with Crippen molar-refractivity contribution in [3.63, 3.8) is 0 Å². The highest BCUT2D eigenvalue weighted by atomic mass is 16.5. The quantitative estimate of drug-likeness (QED) is 0.132. The Morgan fingerprint density at radius 2 is 1.50 bits per heavy atom. The second-order valence-corrected chi connectivity index (χ2v) is 7.60. The number of ether oxygens (including phenoxy) is 2. The van der Waals surface area contributed by atoms with Crippen molar-refractivity contribution in [1.29, 1.82) is 0 Å². The van der Waals surface area contributed by atoms with Crippen LogP contribution in [0.3, 0.4) is 0 Å². The van der Waals surface area contributed by atoms with Crippen molar-refractivity contribution in [1.82, 2.24) is 5.43 Å². The molecule has 4 aromatic carbocycles. The van der Waals surface area contributed by atoms with Gasteiger partial charge in [-0.25, -0.2) is 10.2 Å². The number of carbonyl (C=O) groups is 3. The Kier molecular flexibility index (Phi) is 7.67. The van der Waals surface area contributed by atoms with Gasteiger partial charge in [-0.1, -0.05) is 36.4 Å². The molecule has 0 unspecified atom stereocenters. The van der Waals surface area contributed by atoms with Crippen LogP contribution in [0.4, 0.5) is 5.69 Å². The van der Waals surface area contributed by atoms with E-state index in [2.05, 4.69) is 15.8 Å². The zero-order valence-electron chi connectivity index (χ0n) is 19.4. The molecule has 0 saturated heterocycles. The van der Waals surface area contributed by atoms with Crippen LogP contribution in [0, 0.1) is 0 Å². The predicted octanol–water partition coefficient (Wildman–Crippen LogP) is 4.55. The minimum Gasteiger partial charge on any atom is -0.494 e. The molecule has 0 heterocycles. The van der Waals surface area contributed by atoms with Crippen LogP contribution in [0.25, 0.3) is 10.8 Å². The van der Waals surface area contributed by atoms with Crippen LogP contribution < -0.4 is 20.2 Å². The highest BCUT2D eigenvalue weighted by molar-refractivity contribution is 6.39. The minimum atomic E-state index is -0.916. The van der Waals surface area contributed by atoms with Gasteiger partial charge in [0.15, 0.2) is 0 Å². The summed E-state index contributed by atoms with van der Waals surface area (Å²) in [6.07, 6.45) is 1.37. The van der Waals surface area contributed by atoms with Gasteiger partial charge in [0, 0.05) is 5.69 Å². The number of carbonyl (C=O) groups excluding carboxylic acids is 3. The number of nitrogens with one attached hydrogen (secondary N) is 2. The zero-order chi connectivity index (χ0) is 25.3. The molecule has 0 aromatic heterocycles. The second kappa shape index (κ2) is 11.4. The van der Waals surface area contributed by atoms with Gasteiger partial charge in [0.1, 0.15) is 11.5 Å². The predicted molar refractivity (Wildman–Crippen MR) is 137 cm³/mol. The summed E-state index contributed by atoms with van der Waals surface area (Å²) in [6.45, 7) is 2.40. The lowest BCUT2D eigenvalue weighted by atomic mass is 10.0. The Morgan fingerprint density at radius 3 is 2.25 bits per heavy atom. The number of rotatable bonds is 7. The van der Waals surface area contributed by atoms with Crippen LogP contribution in [0.15, 0.2) is 96.1 Å². The Morgan fingerprint density at radius 1 is 0.806 bits per heavy atom. The fourth-order valence-electron chi connectivity index (χ4n) is 3.39. The normalized spacial score (nSPS) is 10.7. The molecule has 0 radical (unpaired) electrons. The molecule has 8 heteroatoms. The molecule has 0 saturated carbocycles. The topological polar surface area (TPSA) is 106 Å².